The molecule has 0 radical (unpaired) electrons. The van der Waals surface area contributed by atoms with Crippen molar-refractivity contribution in [3.05, 3.63) is 0 Å². The first-order chi connectivity index (χ1) is 2.27. The van der Waals surface area contributed by atoms with E-state index in [0.717, 1.165) is 0 Å². The van der Waals surface area contributed by atoms with Crippen molar-refractivity contribution < 1.29 is 39.5 Å². The van der Waals surface area contributed by atoms with Crippen molar-refractivity contribution >= 4 is 6.09 Å². The summed E-state index contributed by atoms with van der Waals surface area (Å²) in [4.78, 5) is 9.02. The molecule has 6 heavy (non-hydrogen) atoms. The molecule has 0 saturated carbocycles. The van der Waals surface area contributed by atoms with Crippen molar-refractivity contribution in [1.29, 1.82) is 0 Å². The maximum absolute atomic E-state index is 9.02. The van der Waals surface area contributed by atoms with Gasteiger partial charge in [0.1, 0.15) is 6.09 Å². The smallest absolute Gasteiger partial charge is 0.529 e. The summed E-state index contributed by atoms with van der Waals surface area (Å²) in [6.45, 7) is 0. The van der Waals surface area contributed by atoms with E-state index in [-0.39, 0.29) is 29.6 Å². The van der Waals surface area contributed by atoms with Crippen LogP contribution in [0.2, 0.25) is 0 Å². The Morgan fingerprint density at radius 1 is 1.83 bits per heavy atom. The van der Waals surface area contributed by atoms with Gasteiger partial charge in [-0.1, -0.05) is 0 Å². The molecule has 0 aromatic rings. The average Bonchev–Trinajstić information content (AvgIpc) is 1.38. The number of carbonyl (C=O) groups is 1. The van der Waals surface area contributed by atoms with E-state index in [4.69, 9.17) is 9.90 Å². The third-order valence-electron chi connectivity index (χ3n) is 0.118. The summed E-state index contributed by atoms with van der Waals surface area (Å²) < 4.78 is 0. The topological polar surface area (TPSA) is 78.2 Å². The minimum atomic E-state index is -1.47. The van der Waals surface area contributed by atoms with E-state index in [1.807, 2.05) is 0 Å². The minimum Gasteiger partial charge on any atom is -0.529 e. The first-order valence-electron chi connectivity index (χ1n) is 0.947. The molecule has 0 unspecified atom stereocenters. The molecule has 0 aromatic heterocycles. The molecule has 30 valence electrons. The van der Waals surface area contributed by atoms with Crippen LogP contribution in [0.5, 0.6) is 0 Å². The zero-order valence-corrected chi connectivity index (χ0v) is 5.39. The average molecular weight is 98.0 g/mol. The van der Waals surface area contributed by atoms with Crippen LogP contribution in [-0.2, 0) is 0 Å². The summed E-state index contributed by atoms with van der Waals surface area (Å²) >= 11 is 0. The van der Waals surface area contributed by atoms with Gasteiger partial charge in [0.25, 0.3) is 0 Å². The van der Waals surface area contributed by atoms with Gasteiger partial charge in [0.2, 0.25) is 0 Å². The summed E-state index contributed by atoms with van der Waals surface area (Å²) in [5.74, 6) is 4.26. The van der Waals surface area contributed by atoms with Crippen molar-refractivity contribution in [2.45, 2.75) is 0 Å². The summed E-state index contributed by atoms with van der Waals surface area (Å²) in [6.07, 6.45) is -1.47. The van der Waals surface area contributed by atoms with Crippen LogP contribution in [0.4, 0.5) is 4.79 Å². The van der Waals surface area contributed by atoms with E-state index in [0.29, 0.717) is 0 Å². The molecule has 3 N–H and O–H groups in total. The molecule has 1 amide bonds. The Labute approximate surface area is 57.0 Å². The molecule has 0 saturated heterocycles. The van der Waals surface area contributed by atoms with Crippen molar-refractivity contribution in [3.8, 4) is 0 Å². The Morgan fingerprint density at radius 2 is 2.00 bits per heavy atom. The number of carbonyl (C=O) groups excluding carboxylic acids is 1. The minimum absolute atomic E-state index is 0. The summed E-state index contributed by atoms with van der Waals surface area (Å²) in [6, 6.07) is 0. The second kappa shape index (κ2) is 5.23. The Morgan fingerprint density at radius 3 is 2.00 bits per heavy atom. The zero-order chi connectivity index (χ0) is 4.28. The standard InChI is InChI=1S/CH4N2O2.Na/c2-3-1(4)5;/h3H,2H2,(H,4,5);/q;+1/p-1. The van der Waals surface area contributed by atoms with Gasteiger partial charge >= 0.3 is 29.6 Å². The molecule has 0 spiro atoms. The van der Waals surface area contributed by atoms with E-state index in [1.54, 1.807) is 0 Å². The van der Waals surface area contributed by atoms with Crippen molar-refractivity contribution in [2.24, 2.45) is 5.84 Å². The number of carboxylic acid groups (broad SMARTS) is 1. The fourth-order valence-electron chi connectivity index (χ4n) is 0. The van der Waals surface area contributed by atoms with Crippen molar-refractivity contribution in [3.63, 3.8) is 0 Å². The molecule has 0 aliphatic rings. The molecule has 5 heteroatoms. The second-order valence-electron chi connectivity index (χ2n) is 0.432. The molecule has 0 heterocycles. The number of nitrogens with one attached hydrogen (secondary N) is 1. The maximum Gasteiger partial charge on any atom is 1.00 e. The normalized spacial score (nSPS) is 5.50. The fourth-order valence-corrected chi connectivity index (χ4v) is 0. The predicted octanol–water partition coefficient (Wildman–Crippen LogP) is -5.20. The third kappa shape index (κ3) is 8.87. The Bertz CT molecular complexity index is 46.8. The number of rotatable bonds is 0. The van der Waals surface area contributed by atoms with Crippen LogP contribution in [0.25, 0.3) is 0 Å². The van der Waals surface area contributed by atoms with Gasteiger partial charge < -0.3 is 15.3 Å². The summed E-state index contributed by atoms with van der Waals surface area (Å²) in [5.41, 5.74) is 1.33. The van der Waals surface area contributed by atoms with Gasteiger partial charge in [0, 0.05) is 0 Å². The van der Waals surface area contributed by atoms with Gasteiger partial charge in [-0.15, -0.1) is 0 Å². The van der Waals surface area contributed by atoms with E-state index in [2.05, 4.69) is 5.84 Å². The number of hydrazine groups is 1. The van der Waals surface area contributed by atoms with Gasteiger partial charge in [-0.3, -0.25) is 0 Å². The monoisotopic (exact) mass is 98.0 g/mol. The summed E-state index contributed by atoms with van der Waals surface area (Å²) in [5, 5.41) is 9.02. The first-order valence-corrected chi connectivity index (χ1v) is 0.947. The van der Waals surface area contributed by atoms with Crippen LogP contribution in [0, 0.1) is 0 Å². The molecule has 0 rings (SSSR count). The molecular formula is CH3N2NaO2. The summed E-state index contributed by atoms with van der Waals surface area (Å²) in [7, 11) is 0. The Hall–Kier alpha value is 0.230. The molecule has 0 bridgehead atoms. The molecular weight excluding hydrogens is 95.0 g/mol. The van der Waals surface area contributed by atoms with Gasteiger partial charge in [0.15, 0.2) is 0 Å². The van der Waals surface area contributed by atoms with Gasteiger partial charge in [0.05, 0.1) is 0 Å². The van der Waals surface area contributed by atoms with Crippen LogP contribution in [0.3, 0.4) is 0 Å². The molecule has 0 aliphatic heterocycles. The van der Waals surface area contributed by atoms with Crippen LogP contribution >= 0.6 is 0 Å². The number of hydrogen-bond donors (Lipinski definition) is 2. The quantitative estimate of drug-likeness (QED) is 0.137. The van der Waals surface area contributed by atoms with Gasteiger partial charge in [-0.25, -0.2) is 5.84 Å². The Balaban J connectivity index is 0. The number of hydrogen-bond acceptors (Lipinski definition) is 3. The second-order valence-corrected chi connectivity index (χ2v) is 0.432. The Kier molecular flexibility index (Phi) is 8.30. The van der Waals surface area contributed by atoms with Crippen molar-refractivity contribution in [1.82, 2.24) is 5.43 Å². The molecule has 0 aliphatic carbocycles. The third-order valence-corrected chi connectivity index (χ3v) is 0.118. The van der Waals surface area contributed by atoms with Crippen LogP contribution in [0.1, 0.15) is 0 Å². The van der Waals surface area contributed by atoms with E-state index >= 15 is 0 Å². The SMILES string of the molecule is NNC(=O)[O-].[Na+]. The molecule has 0 fully saturated rings. The van der Waals surface area contributed by atoms with Crippen LogP contribution in [0.15, 0.2) is 0 Å². The van der Waals surface area contributed by atoms with Crippen molar-refractivity contribution in [2.75, 3.05) is 0 Å². The van der Waals surface area contributed by atoms with Crippen LogP contribution < -0.4 is 45.9 Å². The van der Waals surface area contributed by atoms with E-state index in [1.165, 1.54) is 5.43 Å². The maximum atomic E-state index is 9.02. The van der Waals surface area contributed by atoms with E-state index < -0.39 is 6.09 Å². The molecule has 0 aromatic carbocycles. The van der Waals surface area contributed by atoms with Gasteiger partial charge in [-0.2, -0.15) is 0 Å². The van der Waals surface area contributed by atoms with Gasteiger partial charge in [-0.05, 0) is 0 Å². The fraction of sp³-hybridized carbons (Fsp3) is 0. The molecule has 4 nitrogen and oxygen atoms in total. The van der Waals surface area contributed by atoms with E-state index in [9.17, 15) is 0 Å². The first kappa shape index (κ1) is 9.52. The zero-order valence-electron chi connectivity index (χ0n) is 3.39. The number of amides is 1. The van der Waals surface area contributed by atoms with Crippen LogP contribution in [-0.4, -0.2) is 6.09 Å². The number of nitrogens with two attached hydrogens (primary N) is 1. The largest absolute Gasteiger partial charge is 1.00 e. The molecule has 0 atom stereocenters. The predicted molar refractivity (Wildman–Crippen MR) is 12.7 cm³/mol.